The van der Waals surface area contributed by atoms with E-state index in [1.165, 1.54) is 19.2 Å². The van der Waals surface area contributed by atoms with Crippen molar-refractivity contribution in [1.29, 1.82) is 0 Å². The SMILES string of the molecule is Bc1cc(C(=O)OC)ccc1Nc1ccc(C(F)(F)F)cc1. The van der Waals surface area contributed by atoms with Crippen LogP contribution in [0.1, 0.15) is 15.9 Å². The Hall–Kier alpha value is -2.44. The lowest BCUT2D eigenvalue weighted by molar-refractivity contribution is -0.137. The molecule has 0 aliphatic rings. The lowest BCUT2D eigenvalue weighted by atomic mass is 9.92. The molecule has 0 heterocycles. The summed E-state index contributed by atoms with van der Waals surface area (Å²) >= 11 is 0. The van der Waals surface area contributed by atoms with Gasteiger partial charge in [-0.1, -0.05) is 11.5 Å². The number of carbonyl (C=O) groups excluding carboxylic acids is 1. The van der Waals surface area contributed by atoms with Crippen molar-refractivity contribution >= 4 is 30.7 Å². The quantitative estimate of drug-likeness (QED) is 0.699. The van der Waals surface area contributed by atoms with Gasteiger partial charge in [-0.05, 0) is 36.4 Å². The monoisotopic (exact) mass is 307 g/mol. The Balaban J connectivity index is 2.19. The molecular formula is C15H13BF3NO2. The second-order valence-electron chi connectivity index (χ2n) is 4.72. The van der Waals surface area contributed by atoms with Crippen molar-refractivity contribution in [3.8, 4) is 0 Å². The number of benzene rings is 2. The summed E-state index contributed by atoms with van der Waals surface area (Å²) in [5, 5.41) is 3.02. The molecule has 0 saturated carbocycles. The van der Waals surface area contributed by atoms with Crippen LogP contribution in [0.4, 0.5) is 24.5 Å². The van der Waals surface area contributed by atoms with Crippen molar-refractivity contribution in [2.45, 2.75) is 6.18 Å². The van der Waals surface area contributed by atoms with Crippen LogP contribution in [0.15, 0.2) is 42.5 Å². The van der Waals surface area contributed by atoms with Crippen molar-refractivity contribution in [1.82, 2.24) is 0 Å². The van der Waals surface area contributed by atoms with Crippen molar-refractivity contribution < 1.29 is 22.7 Å². The normalized spacial score (nSPS) is 11.1. The zero-order valence-corrected chi connectivity index (χ0v) is 12.0. The summed E-state index contributed by atoms with van der Waals surface area (Å²) in [4.78, 5) is 11.4. The number of alkyl halides is 3. The lowest BCUT2D eigenvalue weighted by Gasteiger charge is -2.12. The Morgan fingerprint density at radius 3 is 2.27 bits per heavy atom. The van der Waals surface area contributed by atoms with E-state index in [9.17, 15) is 18.0 Å². The zero-order valence-electron chi connectivity index (χ0n) is 12.0. The molecule has 2 rings (SSSR count). The standard InChI is InChI=1S/C15H13BF3NO2/c1-22-14(21)9-2-7-13(12(16)8-9)20-11-5-3-10(4-6-11)15(17,18)19/h2-8,20H,16H2,1H3. The molecule has 2 aromatic carbocycles. The maximum Gasteiger partial charge on any atom is 0.416 e. The van der Waals surface area contributed by atoms with Crippen LogP contribution < -0.4 is 10.8 Å². The van der Waals surface area contributed by atoms with Gasteiger partial charge in [-0.15, -0.1) is 0 Å². The number of ether oxygens (including phenoxy) is 1. The highest BCUT2D eigenvalue weighted by Crippen LogP contribution is 2.30. The molecule has 0 bridgehead atoms. The average Bonchev–Trinajstić information content (AvgIpc) is 2.48. The lowest BCUT2D eigenvalue weighted by Crippen LogP contribution is -2.13. The van der Waals surface area contributed by atoms with Crippen molar-refractivity contribution in [2.24, 2.45) is 0 Å². The molecule has 114 valence electrons. The first kappa shape index (κ1) is 15.9. The molecule has 1 N–H and O–H groups in total. The van der Waals surface area contributed by atoms with Gasteiger partial charge in [0.1, 0.15) is 7.85 Å². The smallest absolute Gasteiger partial charge is 0.416 e. The average molecular weight is 307 g/mol. The third-order valence-electron chi connectivity index (χ3n) is 3.14. The van der Waals surface area contributed by atoms with Crippen LogP contribution in [0.3, 0.4) is 0 Å². The largest absolute Gasteiger partial charge is 0.465 e. The topological polar surface area (TPSA) is 38.3 Å². The molecule has 0 spiro atoms. The van der Waals surface area contributed by atoms with E-state index in [1.807, 2.05) is 0 Å². The van der Waals surface area contributed by atoms with E-state index in [-0.39, 0.29) is 0 Å². The van der Waals surface area contributed by atoms with Gasteiger partial charge in [0.2, 0.25) is 0 Å². The van der Waals surface area contributed by atoms with Crippen LogP contribution in [0.25, 0.3) is 0 Å². The molecule has 0 aromatic heterocycles. The molecule has 22 heavy (non-hydrogen) atoms. The maximum atomic E-state index is 12.5. The number of anilines is 2. The number of hydrogen-bond acceptors (Lipinski definition) is 3. The van der Waals surface area contributed by atoms with E-state index in [2.05, 4.69) is 10.1 Å². The van der Waals surface area contributed by atoms with E-state index < -0.39 is 17.7 Å². The number of carbonyl (C=O) groups is 1. The molecule has 0 amide bonds. The van der Waals surface area contributed by atoms with E-state index in [0.717, 1.165) is 17.6 Å². The predicted octanol–water partition coefficient (Wildman–Crippen LogP) is 2.49. The molecule has 0 fully saturated rings. The number of hydrogen-bond donors (Lipinski definition) is 1. The van der Waals surface area contributed by atoms with E-state index >= 15 is 0 Å². The minimum absolute atomic E-state index is 0.415. The minimum Gasteiger partial charge on any atom is -0.465 e. The summed E-state index contributed by atoms with van der Waals surface area (Å²) in [5.41, 5.74) is 1.73. The third-order valence-corrected chi connectivity index (χ3v) is 3.14. The fourth-order valence-electron chi connectivity index (χ4n) is 1.95. The molecule has 0 aliphatic carbocycles. The number of methoxy groups -OCH3 is 1. The summed E-state index contributed by atoms with van der Waals surface area (Å²) in [6.07, 6.45) is -4.35. The third kappa shape index (κ3) is 3.60. The number of rotatable bonds is 3. The number of nitrogens with one attached hydrogen (secondary N) is 1. The Kier molecular flexibility index (Phi) is 4.44. The van der Waals surface area contributed by atoms with Crippen molar-refractivity contribution in [3.63, 3.8) is 0 Å². The van der Waals surface area contributed by atoms with Crippen LogP contribution in [-0.2, 0) is 10.9 Å². The second kappa shape index (κ2) is 6.13. The van der Waals surface area contributed by atoms with Gasteiger partial charge in [0.25, 0.3) is 0 Å². The Morgan fingerprint density at radius 2 is 1.77 bits per heavy atom. The molecule has 2 aromatic rings. The van der Waals surface area contributed by atoms with Gasteiger partial charge in [0.05, 0.1) is 18.2 Å². The summed E-state index contributed by atoms with van der Waals surface area (Å²) in [5.74, 6) is -0.441. The second-order valence-corrected chi connectivity index (χ2v) is 4.72. The van der Waals surface area contributed by atoms with Crippen molar-refractivity contribution in [3.05, 3.63) is 53.6 Å². The fraction of sp³-hybridized carbons (Fsp3) is 0.133. The summed E-state index contributed by atoms with van der Waals surface area (Å²) in [6.45, 7) is 0. The van der Waals surface area contributed by atoms with Gasteiger partial charge in [-0.25, -0.2) is 4.79 Å². The highest BCUT2D eigenvalue weighted by molar-refractivity contribution is 6.36. The molecule has 0 saturated heterocycles. The molecule has 0 aliphatic heterocycles. The predicted molar refractivity (Wildman–Crippen MR) is 80.7 cm³/mol. The van der Waals surface area contributed by atoms with Gasteiger partial charge in [0.15, 0.2) is 0 Å². The van der Waals surface area contributed by atoms with Crippen LogP contribution in [0.5, 0.6) is 0 Å². The zero-order chi connectivity index (χ0) is 16.3. The van der Waals surface area contributed by atoms with Gasteiger partial charge in [0, 0.05) is 11.4 Å². The summed E-state index contributed by atoms with van der Waals surface area (Å²) in [7, 11) is 3.09. The first-order chi connectivity index (χ1) is 10.3. The minimum atomic E-state index is -4.35. The number of halogens is 3. The van der Waals surface area contributed by atoms with Crippen molar-refractivity contribution in [2.75, 3.05) is 12.4 Å². The van der Waals surface area contributed by atoms with Gasteiger partial charge < -0.3 is 10.1 Å². The summed E-state index contributed by atoms with van der Waals surface area (Å²) in [6, 6.07) is 9.66. The molecule has 3 nitrogen and oxygen atoms in total. The van der Waals surface area contributed by atoms with Crippen LogP contribution in [0, 0.1) is 0 Å². The molecule has 0 unspecified atom stereocenters. The first-order valence-corrected chi connectivity index (χ1v) is 6.44. The Bertz CT molecular complexity index is 684. The van der Waals surface area contributed by atoms with E-state index in [0.29, 0.717) is 16.9 Å². The molecule has 7 heteroatoms. The van der Waals surface area contributed by atoms with E-state index in [4.69, 9.17) is 0 Å². The van der Waals surface area contributed by atoms with Gasteiger partial charge in [-0.2, -0.15) is 13.2 Å². The highest BCUT2D eigenvalue weighted by atomic mass is 19.4. The Morgan fingerprint density at radius 1 is 1.14 bits per heavy atom. The van der Waals surface area contributed by atoms with Gasteiger partial charge in [-0.3, -0.25) is 0 Å². The molecule has 0 radical (unpaired) electrons. The van der Waals surface area contributed by atoms with Crippen LogP contribution in [0.2, 0.25) is 0 Å². The van der Waals surface area contributed by atoms with Crippen LogP contribution in [-0.4, -0.2) is 20.9 Å². The summed E-state index contributed by atoms with van der Waals surface area (Å²) < 4.78 is 42.1. The van der Waals surface area contributed by atoms with E-state index in [1.54, 1.807) is 26.0 Å². The maximum absolute atomic E-state index is 12.5. The fourth-order valence-corrected chi connectivity index (χ4v) is 1.95. The van der Waals surface area contributed by atoms with Gasteiger partial charge >= 0.3 is 12.1 Å². The molecular weight excluding hydrogens is 294 g/mol. The van der Waals surface area contributed by atoms with Crippen LogP contribution >= 0.6 is 0 Å². The Labute approximate surface area is 126 Å². The molecule has 0 atom stereocenters. The highest BCUT2D eigenvalue weighted by Gasteiger charge is 2.29. The first-order valence-electron chi connectivity index (χ1n) is 6.44. The number of esters is 1.